The Morgan fingerprint density at radius 2 is 2.00 bits per heavy atom. The van der Waals surface area contributed by atoms with Crippen LogP contribution in [0.4, 0.5) is 5.69 Å². The van der Waals surface area contributed by atoms with Gasteiger partial charge in [-0.2, -0.15) is 5.26 Å². The van der Waals surface area contributed by atoms with E-state index in [1.807, 2.05) is 30.3 Å². The lowest BCUT2D eigenvalue weighted by Crippen LogP contribution is -2.30. The standard InChI is InChI=1S/C18H18N2O2/c1-3-14-5-4-6-17(11-14)22-13(2)18(21)20-16-9-7-15(12-19)8-10-16/h4-11,13H,3H2,1-2H3,(H,20,21). The molecule has 112 valence electrons. The fourth-order valence-electron chi connectivity index (χ4n) is 1.97. The van der Waals surface area contributed by atoms with E-state index >= 15 is 0 Å². The third kappa shape index (κ3) is 4.10. The first-order valence-corrected chi connectivity index (χ1v) is 7.19. The normalized spacial score (nSPS) is 11.3. The maximum atomic E-state index is 12.1. The summed E-state index contributed by atoms with van der Waals surface area (Å²) in [6.07, 6.45) is 0.311. The molecule has 4 heteroatoms. The van der Waals surface area contributed by atoms with Gasteiger partial charge in [-0.05, 0) is 55.3 Å². The van der Waals surface area contributed by atoms with Crippen molar-refractivity contribution in [1.82, 2.24) is 0 Å². The van der Waals surface area contributed by atoms with Crippen LogP contribution in [-0.4, -0.2) is 12.0 Å². The molecule has 22 heavy (non-hydrogen) atoms. The summed E-state index contributed by atoms with van der Waals surface area (Å²) in [6, 6.07) is 16.5. The molecule has 0 fully saturated rings. The van der Waals surface area contributed by atoms with Crippen LogP contribution in [0.3, 0.4) is 0 Å². The number of hydrogen-bond acceptors (Lipinski definition) is 3. The fraction of sp³-hybridized carbons (Fsp3) is 0.222. The molecule has 0 aliphatic heterocycles. The highest BCUT2D eigenvalue weighted by molar-refractivity contribution is 5.94. The van der Waals surface area contributed by atoms with E-state index < -0.39 is 6.10 Å². The molecule has 0 radical (unpaired) electrons. The first-order valence-electron chi connectivity index (χ1n) is 7.19. The molecule has 0 aromatic heterocycles. The third-order valence-corrected chi connectivity index (χ3v) is 3.27. The number of nitrogens with zero attached hydrogens (tertiary/aromatic N) is 1. The first-order chi connectivity index (χ1) is 10.6. The zero-order chi connectivity index (χ0) is 15.9. The number of carbonyl (C=O) groups excluding carboxylic acids is 1. The van der Waals surface area contributed by atoms with E-state index in [1.54, 1.807) is 31.2 Å². The van der Waals surface area contributed by atoms with Gasteiger partial charge in [0, 0.05) is 5.69 Å². The Bertz CT molecular complexity index is 687. The first kappa shape index (κ1) is 15.6. The van der Waals surface area contributed by atoms with Crippen molar-refractivity contribution >= 4 is 11.6 Å². The number of hydrogen-bond donors (Lipinski definition) is 1. The van der Waals surface area contributed by atoms with Crippen molar-refractivity contribution in [2.45, 2.75) is 26.4 Å². The molecule has 4 nitrogen and oxygen atoms in total. The molecule has 0 saturated carbocycles. The van der Waals surface area contributed by atoms with Crippen LogP contribution in [0.5, 0.6) is 5.75 Å². The Morgan fingerprint density at radius 1 is 1.27 bits per heavy atom. The molecular weight excluding hydrogens is 276 g/mol. The van der Waals surface area contributed by atoms with Crippen LogP contribution in [0.15, 0.2) is 48.5 Å². The lowest BCUT2D eigenvalue weighted by molar-refractivity contribution is -0.122. The Kier molecular flexibility index (Phi) is 5.16. The molecule has 2 aromatic carbocycles. The van der Waals surface area contributed by atoms with Crippen LogP contribution in [0.2, 0.25) is 0 Å². The molecule has 0 heterocycles. The molecular formula is C18H18N2O2. The van der Waals surface area contributed by atoms with Crippen molar-refractivity contribution in [1.29, 1.82) is 5.26 Å². The molecule has 0 aliphatic rings. The van der Waals surface area contributed by atoms with Gasteiger partial charge >= 0.3 is 0 Å². The highest BCUT2D eigenvalue weighted by Gasteiger charge is 2.15. The summed E-state index contributed by atoms with van der Waals surface area (Å²) in [5, 5.41) is 11.5. The highest BCUT2D eigenvalue weighted by Crippen LogP contribution is 2.16. The molecule has 2 aromatic rings. The number of amides is 1. The van der Waals surface area contributed by atoms with Gasteiger partial charge in [-0.15, -0.1) is 0 Å². The van der Waals surface area contributed by atoms with Gasteiger partial charge < -0.3 is 10.1 Å². The van der Waals surface area contributed by atoms with Crippen molar-refractivity contribution in [3.63, 3.8) is 0 Å². The number of anilines is 1. The van der Waals surface area contributed by atoms with Gasteiger partial charge in [0.05, 0.1) is 11.6 Å². The maximum absolute atomic E-state index is 12.1. The number of aryl methyl sites for hydroxylation is 1. The molecule has 0 aliphatic carbocycles. The van der Waals surface area contributed by atoms with Crippen molar-refractivity contribution in [2.24, 2.45) is 0 Å². The van der Waals surface area contributed by atoms with Gasteiger partial charge in [0.2, 0.25) is 0 Å². The summed E-state index contributed by atoms with van der Waals surface area (Å²) in [6.45, 7) is 3.78. The molecule has 1 atom stereocenters. The van der Waals surface area contributed by atoms with E-state index in [0.29, 0.717) is 17.0 Å². The van der Waals surface area contributed by atoms with Gasteiger partial charge in [0.1, 0.15) is 5.75 Å². The molecule has 2 rings (SSSR count). The van der Waals surface area contributed by atoms with E-state index in [-0.39, 0.29) is 5.91 Å². The third-order valence-electron chi connectivity index (χ3n) is 3.27. The lowest BCUT2D eigenvalue weighted by Gasteiger charge is -2.15. The van der Waals surface area contributed by atoms with Crippen LogP contribution in [0.25, 0.3) is 0 Å². The molecule has 0 saturated heterocycles. The van der Waals surface area contributed by atoms with Gasteiger partial charge in [0.15, 0.2) is 6.10 Å². The van der Waals surface area contributed by atoms with Crippen LogP contribution in [-0.2, 0) is 11.2 Å². The van der Waals surface area contributed by atoms with Crippen molar-refractivity contribution < 1.29 is 9.53 Å². The van der Waals surface area contributed by atoms with Crippen molar-refractivity contribution in [2.75, 3.05) is 5.32 Å². The van der Waals surface area contributed by atoms with E-state index in [9.17, 15) is 4.79 Å². The van der Waals surface area contributed by atoms with Crippen LogP contribution >= 0.6 is 0 Å². The summed E-state index contributed by atoms with van der Waals surface area (Å²) in [7, 11) is 0. The van der Waals surface area contributed by atoms with E-state index in [1.165, 1.54) is 0 Å². The van der Waals surface area contributed by atoms with Gasteiger partial charge in [0.25, 0.3) is 5.91 Å². The Balaban J connectivity index is 1.97. The summed E-state index contributed by atoms with van der Waals surface area (Å²) in [4.78, 5) is 12.1. The second-order valence-corrected chi connectivity index (χ2v) is 4.94. The summed E-state index contributed by atoms with van der Waals surface area (Å²) >= 11 is 0. The number of ether oxygens (including phenoxy) is 1. The van der Waals surface area contributed by atoms with Crippen LogP contribution in [0.1, 0.15) is 25.0 Å². The topological polar surface area (TPSA) is 62.1 Å². The lowest BCUT2D eigenvalue weighted by atomic mass is 10.2. The minimum absolute atomic E-state index is 0.230. The van der Waals surface area contributed by atoms with Crippen molar-refractivity contribution in [3.05, 3.63) is 59.7 Å². The average molecular weight is 294 g/mol. The van der Waals surface area contributed by atoms with Crippen molar-refractivity contribution in [3.8, 4) is 11.8 Å². The van der Waals surface area contributed by atoms with E-state index in [2.05, 4.69) is 12.2 Å². The molecule has 0 bridgehead atoms. The van der Waals surface area contributed by atoms with Crippen LogP contribution in [0, 0.1) is 11.3 Å². The van der Waals surface area contributed by atoms with Gasteiger partial charge in [-0.1, -0.05) is 19.1 Å². The predicted octanol–water partition coefficient (Wildman–Crippen LogP) is 3.53. The second-order valence-electron chi connectivity index (χ2n) is 4.94. The van der Waals surface area contributed by atoms with Gasteiger partial charge in [-0.3, -0.25) is 4.79 Å². The quantitative estimate of drug-likeness (QED) is 0.917. The highest BCUT2D eigenvalue weighted by atomic mass is 16.5. The fourth-order valence-corrected chi connectivity index (χ4v) is 1.97. The minimum atomic E-state index is -0.609. The average Bonchev–Trinajstić information content (AvgIpc) is 2.55. The summed E-state index contributed by atoms with van der Waals surface area (Å²) < 4.78 is 5.67. The summed E-state index contributed by atoms with van der Waals surface area (Å²) in [5.74, 6) is 0.452. The maximum Gasteiger partial charge on any atom is 0.265 e. The van der Waals surface area contributed by atoms with E-state index in [0.717, 1.165) is 12.0 Å². The zero-order valence-electron chi connectivity index (χ0n) is 12.7. The van der Waals surface area contributed by atoms with Crippen LogP contribution < -0.4 is 10.1 Å². The number of carbonyl (C=O) groups is 1. The minimum Gasteiger partial charge on any atom is -0.481 e. The number of nitrogens with one attached hydrogen (secondary N) is 1. The van der Waals surface area contributed by atoms with E-state index in [4.69, 9.17) is 10.00 Å². The smallest absolute Gasteiger partial charge is 0.265 e. The SMILES string of the molecule is CCc1cccc(OC(C)C(=O)Nc2ccc(C#N)cc2)c1. The number of nitriles is 1. The largest absolute Gasteiger partial charge is 0.481 e. The van der Waals surface area contributed by atoms with Gasteiger partial charge in [-0.25, -0.2) is 0 Å². The second kappa shape index (κ2) is 7.28. The molecule has 1 N–H and O–H groups in total. The zero-order valence-corrected chi connectivity index (χ0v) is 12.7. The molecule has 1 unspecified atom stereocenters. The number of benzene rings is 2. The molecule has 1 amide bonds. The summed E-state index contributed by atoms with van der Waals surface area (Å²) in [5.41, 5.74) is 2.36. The predicted molar refractivity (Wildman–Crippen MR) is 85.7 cm³/mol. The Hall–Kier alpha value is -2.80. The Labute approximate surface area is 130 Å². The molecule has 0 spiro atoms. The monoisotopic (exact) mass is 294 g/mol. The number of rotatable bonds is 5. The Morgan fingerprint density at radius 3 is 2.64 bits per heavy atom.